The van der Waals surface area contributed by atoms with Gasteiger partial charge in [-0.3, -0.25) is 4.79 Å². The zero-order valence-electron chi connectivity index (χ0n) is 23.2. The molecule has 3 nitrogen and oxygen atoms in total. The summed E-state index contributed by atoms with van der Waals surface area (Å²) in [7, 11) is -1.57. The summed E-state index contributed by atoms with van der Waals surface area (Å²) in [5.41, 5.74) is 4.50. The third kappa shape index (κ3) is 5.67. The van der Waals surface area contributed by atoms with Crippen LogP contribution in [0.5, 0.6) is 0 Å². The Morgan fingerprint density at radius 2 is 1.29 bits per heavy atom. The Morgan fingerprint density at radius 1 is 0.711 bits per heavy atom. The number of aliphatic hydroxyl groups excluding tert-OH is 1. The summed E-state index contributed by atoms with van der Waals surface area (Å²) in [6, 6.07) is 25.0. The van der Waals surface area contributed by atoms with Crippen LogP contribution in [-0.4, -0.2) is 15.1 Å². The number of aliphatic hydroxyl groups is 1. The summed E-state index contributed by atoms with van der Waals surface area (Å²) in [6.45, 7) is 12.9. The molecule has 0 aromatic heterocycles. The molecule has 0 aliphatic rings. The van der Waals surface area contributed by atoms with E-state index in [9.17, 15) is 14.1 Å². The molecule has 198 valence electrons. The first-order valence-electron chi connectivity index (χ1n) is 13.5. The van der Waals surface area contributed by atoms with Gasteiger partial charge in [-0.25, -0.2) is 4.21 Å². The maximum Gasteiger partial charge on any atom is 0.165 e. The van der Waals surface area contributed by atoms with Gasteiger partial charge in [0, 0.05) is 12.0 Å². The zero-order chi connectivity index (χ0) is 27.6. The van der Waals surface area contributed by atoms with Gasteiger partial charge in [-0.2, -0.15) is 0 Å². The topological polar surface area (TPSA) is 54.4 Å². The highest BCUT2D eigenvalue weighted by Crippen LogP contribution is 2.40. The van der Waals surface area contributed by atoms with Crippen molar-refractivity contribution in [3.05, 3.63) is 107 Å². The molecule has 0 amide bonds. The maximum absolute atomic E-state index is 14.8. The van der Waals surface area contributed by atoms with Gasteiger partial charge in [0.15, 0.2) is 5.78 Å². The molecule has 0 fully saturated rings. The fourth-order valence-electron chi connectivity index (χ4n) is 4.96. The van der Waals surface area contributed by atoms with Crippen LogP contribution in [0.4, 0.5) is 0 Å². The third-order valence-corrected chi connectivity index (χ3v) is 8.86. The van der Waals surface area contributed by atoms with Crippen molar-refractivity contribution in [2.45, 2.75) is 81.6 Å². The molecule has 0 saturated carbocycles. The second kappa shape index (κ2) is 11.8. The van der Waals surface area contributed by atoms with Crippen LogP contribution in [0.3, 0.4) is 0 Å². The molecule has 1 N–H and O–H groups in total. The lowest BCUT2D eigenvalue weighted by molar-refractivity contribution is 0.0877. The molecule has 4 aromatic rings. The largest absolute Gasteiger partial charge is 0.388 e. The second-order valence-corrected chi connectivity index (χ2v) is 12.3. The monoisotopic (exact) mass is 526 g/mol. The number of hydrogen-bond donors (Lipinski definition) is 1. The lowest BCUT2D eigenvalue weighted by atomic mass is 9.89. The van der Waals surface area contributed by atoms with Crippen LogP contribution in [0.25, 0.3) is 10.8 Å². The Kier molecular flexibility index (Phi) is 8.64. The summed E-state index contributed by atoms with van der Waals surface area (Å²) < 4.78 is 14.8. The minimum absolute atomic E-state index is 0.0765. The van der Waals surface area contributed by atoms with E-state index in [0.29, 0.717) is 21.9 Å². The average Bonchev–Trinajstić information content (AvgIpc) is 2.91. The van der Waals surface area contributed by atoms with Crippen LogP contribution < -0.4 is 0 Å². The lowest BCUT2D eigenvalue weighted by Crippen LogP contribution is -2.13. The van der Waals surface area contributed by atoms with Gasteiger partial charge in [0.1, 0.15) is 0 Å². The van der Waals surface area contributed by atoms with E-state index < -0.39 is 16.9 Å². The number of fused-ring (bicyclic) bond motifs is 1. The van der Waals surface area contributed by atoms with Gasteiger partial charge in [-0.1, -0.05) is 120 Å². The van der Waals surface area contributed by atoms with Crippen molar-refractivity contribution in [2.75, 3.05) is 0 Å². The molecular formula is C34H38O3S. The van der Waals surface area contributed by atoms with Crippen molar-refractivity contribution in [3.63, 3.8) is 0 Å². The van der Waals surface area contributed by atoms with E-state index in [2.05, 4.69) is 53.7 Å². The predicted molar refractivity (Wildman–Crippen MR) is 158 cm³/mol. The molecule has 0 bridgehead atoms. The molecule has 0 aliphatic heterocycles. The molecule has 1 unspecified atom stereocenters. The van der Waals surface area contributed by atoms with Crippen molar-refractivity contribution in [1.82, 2.24) is 0 Å². The van der Waals surface area contributed by atoms with Crippen LogP contribution in [0.1, 0.15) is 104 Å². The molecule has 0 aliphatic carbocycles. The van der Waals surface area contributed by atoms with Crippen LogP contribution in [0.15, 0.2) is 88.7 Å². The third-order valence-electron chi connectivity index (χ3n) is 7.19. The molecule has 4 heteroatoms. The smallest absolute Gasteiger partial charge is 0.165 e. The minimum Gasteiger partial charge on any atom is -0.388 e. The van der Waals surface area contributed by atoms with E-state index in [4.69, 9.17) is 0 Å². The van der Waals surface area contributed by atoms with Gasteiger partial charge in [0.25, 0.3) is 0 Å². The standard InChI is InChI=1S/C34H38O3S/c1-21(2)26-18-29(22(3)4)34(30(19-26)23(5)6)38(37)33-27-15-11-10-12-24(27)16-17-28(33)32(36)20-31(35)25-13-8-7-9-14-25/h7-19,21-23,32,36H,20H2,1-6H3/t32-,38?/m1/s1. The van der Waals surface area contributed by atoms with Gasteiger partial charge in [0.2, 0.25) is 0 Å². The predicted octanol–water partition coefficient (Wildman–Crippen LogP) is 8.68. The van der Waals surface area contributed by atoms with Crippen molar-refractivity contribution in [1.29, 1.82) is 0 Å². The number of rotatable bonds is 9. The highest BCUT2D eigenvalue weighted by atomic mass is 32.2. The molecule has 4 rings (SSSR count). The number of benzene rings is 4. The van der Waals surface area contributed by atoms with Gasteiger partial charge < -0.3 is 5.11 Å². The van der Waals surface area contributed by atoms with Crippen LogP contribution in [0, 0.1) is 0 Å². The van der Waals surface area contributed by atoms with Crippen LogP contribution in [-0.2, 0) is 10.8 Å². The Morgan fingerprint density at radius 3 is 1.87 bits per heavy atom. The summed E-state index contributed by atoms with van der Waals surface area (Å²) in [4.78, 5) is 14.4. The molecule has 0 heterocycles. The quantitative estimate of drug-likeness (QED) is 0.222. The summed E-state index contributed by atoms with van der Waals surface area (Å²) >= 11 is 0. The van der Waals surface area contributed by atoms with E-state index in [0.717, 1.165) is 26.8 Å². The molecular weight excluding hydrogens is 488 g/mol. The van der Waals surface area contributed by atoms with Crippen molar-refractivity contribution in [3.8, 4) is 0 Å². The van der Waals surface area contributed by atoms with Crippen LogP contribution >= 0.6 is 0 Å². The maximum atomic E-state index is 14.8. The van der Waals surface area contributed by atoms with E-state index in [1.807, 2.05) is 54.6 Å². The first-order chi connectivity index (χ1) is 18.1. The molecule has 2 atom stereocenters. The lowest BCUT2D eigenvalue weighted by Gasteiger charge is -2.24. The van der Waals surface area contributed by atoms with Crippen molar-refractivity contribution in [2.24, 2.45) is 0 Å². The van der Waals surface area contributed by atoms with Crippen molar-refractivity contribution >= 4 is 27.4 Å². The normalized spacial score (nSPS) is 13.4. The number of carbonyl (C=O) groups is 1. The number of carbonyl (C=O) groups excluding carboxylic acids is 1. The Bertz CT molecular complexity index is 1440. The molecule has 0 radical (unpaired) electrons. The minimum atomic E-state index is -1.57. The number of hydrogen-bond acceptors (Lipinski definition) is 3. The number of ketones is 1. The van der Waals surface area contributed by atoms with E-state index in [-0.39, 0.29) is 24.0 Å². The van der Waals surface area contributed by atoms with Gasteiger partial charge in [-0.15, -0.1) is 0 Å². The Balaban J connectivity index is 1.92. The van der Waals surface area contributed by atoms with Crippen molar-refractivity contribution < 1.29 is 14.1 Å². The van der Waals surface area contributed by atoms with E-state index in [1.165, 1.54) is 5.56 Å². The SMILES string of the molecule is CC(C)c1cc(C(C)C)c(S(=O)c2c([C@H](O)CC(=O)c3ccccc3)ccc3ccccc23)c(C(C)C)c1. The Labute approximate surface area is 229 Å². The highest BCUT2D eigenvalue weighted by molar-refractivity contribution is 7.85. The fraction of sp³-hybridized carbons (Fsp3) is 0.324. The molecule has 0 saturated heterocycles. The summed E-state index contributed by atoms with van der Waals surface area (Å²) in [5, 5.41) is 13.2. The number of Topliss-reactive ketones (excluding diaryl/α,β-unsaturated/α-hetero) is 1. The Hall–Kier alpha value is -3.08. The van der Waals surface area contributed by atoms with Gasteiger partial charge >= 0.3 is 0 Å². The summed E-state index contributed by atoms with van der Waals surface area (Å²) in [6.07, 6.45) is -1.15. The van der Waals surface area contributed by atoms with Gasteiger partial charge in [-0.05, 0) is 50.8 Å². The van der Waals surface area contributed by atoms with E-state index >= 15 is 0 Å². The van der Waals surface area contributed by atoms with Gasteiger partial charge in [0.05, 0.1) is 26.7 Å². The zero-order valence-corrected chi connectivity index (χ0v) is 24.0. The molecule has 4 aromatic carbocycles. The van der Waals surface area contributed by atoms with E-state index in [1.54, 1.807) is 12.1 Å². The first-order valence-corrected chi connectivity index (χ1v) is 14.6. The molecule has 0 spiro atoms. The second-order valence-electron chi connectivity index (χ2n) is 11.0. The molecule has 38 heavy (non-hydrogen) atoms. The highest BCUT2D eigenvalue weighted by Gasteiger charge is 2.28. The average molecular weight is 527 g/mol. The fourth-order valence-corrected chi connectivity index (χ4v) is 6.99. The first kappa shape index (κ1) is 27.9. The summed E-state index contributed by atoms with van der Waals surface area (Å²) in [5.74, 6) is 0.558. The van der Waals surface area contributed by atoms with Crippen LogP contribution in [0.2, 0.25) is 0 Å².